The first-order chi connectivity index (χ1) is 6.40. The average molecular weight is 199 g/mol. The number of likely N-dealkylation sites (N-methyl/N-ethyl adjacent to an activating group) is 1. The molecule has 0 aromatic carbocycles. The Morgan fingerprint density at radius 2 is 2.14 bits per heavy atom. The Bertz CT molecular complexity index is 208. The monoisotopic (exact) mass is 199 g/mol. The topological polar surface area (TPSA) is 40.5 Å². The van der Waals surface area contributed by atoms with E-state index in [0.29, 0.717) is 18.7 Å². The van der Waals surface area contributed by atoms with Gasteiger partial charge in [-0.3, -0.25) is 9.69 Å². The summed E-state index contributed by atoms with van der Waals surface area (Å²) in [6, 6.07) is 0.0372. The van der Waals surface area contributed by atoms with Gasteiger partial charge in [0.25, 0.3) is 0 Å². The summed E-state index contributed by atoms with van der Waals surface area (Å²) in [5.74, 6) is 0.336. The molecule has 14 heavy (non-hydrogen) atoms. The maximum atomic E-state index is 11.6. The van der Waals surface area contributed by atoms with Gasteiger partial charge in [0.2, 0.25) is 0 Å². The fourth-order valence-electron chi connectivity index (χ4n) is 2.15. The smallest absolute Gasteiger partial charge is 0.149 e. The Morgan fingerprint density at radius 1 is 1.50 bits per heavy atom. The van der Waals surface area contributed by atoms with Gasteiger partial charge in [-0.2, -0.15) is 0 Å². The molecule has 0 heterocycles. The molecule has 0 saturated heterocycles. The van der Waals surface area contributed by atoms with E-state index in [1.165, 1.54) is 0 Å². The molecule has 3 heteroatoms. The van der Waals surface area contributed by atoms with E-state index < -0.39 is 5.60 Å². The number of carbonyl (C=O) groups excluding carboxylic acids is 1. The summed E-state index contributed by atoms with van der Waals surface area (Å²) >= 11 is 0. The molecule has 3 nitrogen and oxygen atoms in total. The van der Waals surface area contributed by atoms with Gasteiger partial charge in [-0.1, -0.05) is 6.42 Å². The zero-order chi connectivity index (χ0) is 10.8. The standard InChI is InChI=1S/C11H21NO2/c1-11(2,14)8-12(3)9-6-4-5-7-10(9)13/h9,14H,4-8H2,1-3H3. The molecule has 0 spiro atoms. The highest BCUT2D eigenvalue weighted by molar-refractivity contribution is 5.84. The van der Waals surface area contributed by atoms with Crippen LogP contribution in [0.25, 0.3) is 0 Å². The fraction of sp³-hybridized carbons (Fsp3) is 0.909. The molecule has 0 aromatic heterocycles. The molecule has 0 amide bonds. The third-order valence-electron chi connectivity index (χ3n) is 2.69. The van der Waals surface area contributed by atoms with Crippen LogP contribution in [0.15, 0.2) is 0 Å². The molecule has 0 bridgehead atoms. The number of nitrogens with zero attached hydrogens (tertiary/aromatic N) is 1. The van der Waals surface area contributed by atoms with Crippen LogP contribution in [0.1, 0.15) is 39.5 Å². The van der Waals surface area contributed by atoms with Crippen LogP contribution in [0, 0.1) is 0 Å². The molecule has 1 unspecified atom stereocenters. The van der Waals surface area contributed by atoms with Gasteiger partial charge in [-0.25, -0.2) is 0 Å². The summed E-state index contributed by atoms with van der Waals surface area (Å²) in [7, 11) is 1.92. The SMILES string of the molecule is CN(CC(C)(C)O)C1CCCCC1=O. The molecule has 1 saturated carbocycles. The lowest BCUT2D eigenvalue weighted by Crippen LogP contribution is -2.46. The van der Waals surface area contributed by atoms with E-state index in [9.17, 15) is 9.90 Å². The van der Waals surface area contributed by atoms with Crippen LogP contribution in [0.4, 0.5) is 0 Å². The Labute approximate surface area is 86.1 Å². The normalized spacial score (nSPS) is 24.4. The Morgan fingerprint density at radius 3 is 2.64 bits per heavy atom. The first kappa shape index (κ1) is 11.7. The van der Waals surface area contributed by atoms with Crippen molar-refractivity contribution in [2.75, 3.05) is 13.6 Å². The second-order valence-electron chi connectivity index (χ2n) is 4.96. The summed E-state index contributed by atoms with van der Waals surface area (Å²) in [4.78, 5) is 13.6. The van der Waals surface area contributed by atoms with Crippen molar-refractivity contribution in [3.8, 4) is 0 Å². The molecular weight excluding hydrogens is 178 g/mol. The van der Waals surface area contributed by atoms with Gasteiger partial charge >= 0.3 is 0 Å². The largest absolute Gasteiger partial charge is 0.389 e. The minimum absolute atomic E-state index is 0.0372. The van der Waals surface area contributed by atoms with Gasteiger partial charge in [0.1, 0.15) is 5.78 Å². The molecule has 0 aromatic rings. The number of Topliss-reactive ketones (excluding diaryl/α,β-unsaturated/α-hetero) is 1. The highest BCUT2D eigenvalue weighted by Gasteiger charge is 2.28. The highest BCUT2D eigenvalue weighted by Crippen LogP contribution is 2.20. The second-order valence-corrected chi connectivity index (χ2v) is 4.96. The summed E-state index contributed by atoms with van der Waals surface area (Å²) in [5.41, 5.74) is -0.716. The highest BCUT2D eigenvalue weighted by atomic mass is 16.3. The van der Waals surface area contributed by atoms with Crippen molar-refractivity contribution >= 4 is 5.78 Å². The summed E-state index contributed by atoms with van der Waals surface area (Å²) in [6.07, 6.45) is 3.82. The van der Waals surface area contributed by atoms with Crippen LogP contribution < -0.4 is 0 Å². The summed E-state index contributed by atoms with van der Waals surface area (Å²) < 4.78 is 0. The Kier molecular flexibility index (Phi) is 3.67. The van der Waals surface area contributed by atoms with Crippen LogP contribution in [0.2, 0.25) is 0 Å². The molecule has 0 radical (unpaired) electrons. The van der Waals surface area contributed by atoms with Crippen molar-refractivity contribution in [2.45, 2.75) is 51.2 Å². The molecule has 1 fully saturated rings. The van der Waals surface area contributed by atoms with Crippen LogP contribution in [-0.4, -0.2) is 41.0 Å². The number of carbonyl (C=O) groups is 1. The lowest BCUT2D eigenvalue weighted by atomic mass is 9.92. The molecule has 1 atom stereocenters. The van der Waals surface area contributed by atoms with Gasteiger partial charge in [0, 0.05) is 13.0 Å². The first-order valence-corrected chi connectivity index (χ1v) is 5.35. The van der Waals surface area contributed by atoms with Crippen LogP contribution in [-0.2, 0) is 4.79 Å². The predicted octanol–water partition coefficient (Wildman–Crippen LogP) is 1.20. The second kappa shape index (κ2) is 4.41. The van der Waals surface area contributed by atoms with Gasteiger partial charge < -0.3 is 5.11 Å². The average Bonchev–Trinajstić information content (AvgIpc) is 2.01. The lowest BCUT2D eigenvalue weighted by molar-refractivity contribution is -0.126. The zero-order valence-electron chi connectivity index (χ0n) is 9.42. The van der Waals surface area contributed by atoms with Crippen molar-refractivity contribution in [3.63, 3.8) is 0 Å². The Balaban J connectivity index is 2.50. The van der Waals surface area contributed by atoms with E-state index in [1.807, 2.05) is 11.9 Å². The van der Waals surface area contributed by atoms with Crippen molar-refractivity contribution in [1.29, 1.82) is 0 Å². The van der Waals surface area contributed by atoms with Crippen molar-refractivity contribution in [3.05, 3.63) is 0 Å². The molecule has 1 aliphatic carbocycles. The van der Waals surface area contributed by atoms with Gasteiger partial charge in [-0.05, 0) is 33.7 Å². The third-order valence-corrected chi connectivity index (χ3v) is 2.69. The molecular formula is C11H21NO2. The van der Waals surface area contributed by atoms with Crippen molar-refractivity contribution in [2.24, 2.45) is 0 Å². The third kappa shape index (κ3) is 3.39. The van der Waals surface area contributed by atoms with Crippen molar-refractivity contribution < 1.29 is 9.90 Å². The van der Waals surface area contributed by atoms with Gasteiger partial charge in [-0.15, -0.1) is 0 Å². The van der Waals surface area contributed by atoms with E-state index >= 15 is 0 Å². The van der Waals surface area contributed by atoms with Gasteiger partial charge in [0.05, 0.1) is 11.6 Å². The lowest BCUT2D eigenvalue weighted by Gasteiger charge is -2.33. The van der Waals surface area contributed by atoms with E-state index in [4.69, 9.17) is 0 Å². The summed E-state index contributed by atoms with van der Waals surface area (Å²) in [6.45, 7) is 4.11. The molecule has 1 rings (SSSR count). The van der Waals surface area contributed by atoms with E-state index in [1.54, 1.807) is 13.8 Å². The number of hydrogen-bond acceptors (Lipinski definition) is 3. The Hall–Kier alpha value is -0.410. The van der Waals surface area contributed by atoms with Crippen LogP contribution in [0.5, 0.6) is 0 Å². The first-order valence-electron chi connectivity index (χ1n) is 5.35. The molecule has 82 valence electrons. The van der Waals surface area contributed by atoms with Crippen LogP contribution in [0.3, 0.4) is 0 Å². The minimum atomic E-state index is -0.716. The minimum Gasteiger partial charge on any atom is -0.389 e. The fourth-order valence-corrected chi connectivity index (χ4v) is 2.15. The van der Waals surface area contributed by atoms with E-state index in [2.05, 4.69) is 0 Å². The number of hydrogen-bond donors (Lipinski definition) is 1. The molecule has 1 aliphatic rings. The maximum absolute atomic E-state index is 11.6. The maximum Gasteiger partial charge on any atom is 0.149 e. The van der Waals surface area contributed by atoms with E-state index in [-0.39, 0.29) is 6.04 Å². The van der Waals surface area contributed by atoms with E-state index in [0.717, 1.165) is 19.3 Å². The predicted molar refractivity (Wildman–Crippen MR) is 56.2 cm³/mol. The zero-order valence-corrected chi connectivity index (χ0v) is 9.42. The van der Waals surface area contributed by atoms with Gasteiger partial charge in [0.15, 0.2) is 0 Å². The number of ketones is 1. The van der Waals surface area contributed by atoms with Crippen molar-refractivity contribution in [1.82, 2.24) is 4.90 Å². The number of rotatable bonds is 3. The summed E-state index contributed by atoms with van der Waals surface area (Å²) in [5, 5.41) is 9.65. The quantitative estimate of drug-likeness (QED) is 0.742. The molecule has 1 N–H and O–H groups in total. The molecule has 0 aliphatic heterocycles. The van der Waals surface area contributed by atoms with Crippen LogP contribution >= 0.6 is 0 Å². The number of aliphatic hydroxyl groups is 1.